The number of amides is 1. The Bertz CT molecular complexity index is 1220. The molecule has 0 aliphatic carbocycles. The van der Waals surface area contributed by atoms with Gasteiger partial charge >= 0.3 is 0 Å². The van der Waals surface area contributed by atoms with Gasteiger partial charge in [0.15, 0.2) is 5.65 Å². The highest BCUT2D eigenvalue weighted by Gasteiger charge is 2.35. The van der Waals surface area contributed by atoms with Gasteiger partial charge < -0.3 is 4.90 Å². The highest BCUT2D eigenvalue weighted by Crippen LogP contribution is 2.34. The summed E-state index contributed by atoms with van der Waals surface area (Å²) >= 11 is 0. The van der Waals surface area contributed by atoms with Crippen LogP contribution in [-0.2, 0) is 24.3 Å². The lowest BCUT2D eigenvalue weighted by Gasteiger charge is -2.38. The molecule has 33 heavy (non-hydrogen) atoms. The second kappa shape index (κ2) is 8.41. The number of nitrogens with one attached hydrogen (secondary N) is 1. The van der Waals surface area contributed by atoms with Crippen LogP contribution in [0, 0.1) is 5.41 Å². The van der Waals surface area contributed by atoms with Crippen molar-refractivity contribution in [2.45, 2.75) is 65.6 Å². The molecule has 1 N–H and O–H groups in total. The van der Waals surface area contributed by atoms with Crippen molar-refractivity contribution >= 4 is 11.6 Å². The van der Waals surface area contributed by atoms with E-state index in [9.17, 15) is 9.59 Å². The molecule has 1 unspecified atom stereocenters. The summed E-state index contributed by atoms with van der Waals surface area (Å²) in [6, 6.07) is 5.91. The molecule has 2 aliphatic rings. The Morgan fingerprint density at radius 3 is 2.85 bits per heavy atom. The Morgan fingerprint density at radius 2 is 2.09 bits per heavy atom. The molecule has 3 aromatic rings. The molecule has 0 aromatic carbocycles. The first-order chi connectivity index (χ1) is 15.8. The lowest BCUT2D eigenvalue weighted by atomic mass is 9.90. The van der Waals surface area contributed by atoms with Crippen LogP contribution in [0.5, 0.6) is 0 Å². The van der Waals surface area contributed by atoms with E-state index >= 15 is 0 Å². The fourth-order valence-electron chi connectivity index (χ4n) is 5.04. The summed E-state index contributed by atoms with van der Waals surface area (Å²) in [6.45, 7) is 8.83. The molecule has 174 valence electrons. The van der Waals surface area contributed by atoms with Gasteiger partial charge in [0.25, 0.3) is 5.56 Å². The van der Waals surface area contributed by atoms with Crippen molar-refractivity contribution < 1.29 is 4.79 Å². The zero-order chi connectivity index (χ0) is 23.2. The van der Waals surface area contributed by atoms with Crippen LogP contribution in [0.15, 0.2) is 35.4 Å². The molecule has 0 spiro atoms. The van der Waals surface area contributed by atoms with E-state index in [0.29, 0.717) is 12.2 Å². The van der Waals surface area contributed by atoms with E-state index in [-0.39, 0.29) is 17.5 Å². The van der Waals surface area contributed by atoms with Gasteiger partial charge in [-0.25, -0.2) is 9.50 Å². The number of likely N-dealkylation sites (tertiary alicyclic amines) is 1. The van der Waals surface area contributed by atoms with Crippen LogP contribution < -0.4 is 5.56 Å². The van der Waals surface area contributed by atoms with Crippen molar-refractivity contribution in [2.75, 3.05) is 13.1 Å². The third kappa shape index (κ3) is 4.19. The normalized spacial score (nSPS) is 19.6. The maximum atomic E-state index is 13.4. The van der Waals surface area contributed by atoms with Crippen LogP contribution >= 0.6 is 0 Å². The number of hydrogen-bond donors (Lipinski definition) is 1. The van der Waals surface area contributed by atoms with Crippen LogP contribution in [0.25, 0.3) is 5.65 Å². The van der Waals surface area contributed by atoms with E-state index in [2.05, 4.69) is 21.0 Å². The van der Waals surface area contributed by atoms with Crippen molar-refractivity contribution in [2.24, 2.45) is 5.41 Å². The minimum Gasteiger partial charge on any atom is -0.334 e. The number of carbonyl (C=O) groups is 1. The molecule has 1 atom stereocenters. The van der Waals surface area contributed by atoms with E-state index in [4.69, 9.17) is 4.98 Å². The number of rotatable bonds is 3. The first-order valence-electron chi connectivity index (χ1n) is 11.9. The van der Waals surface area contributed by atoms with E-state index in [1.165, 1.54) is 0 Å². The van der Waals surface area contributed by atoms with Gasteiger partial charge in [0.2, 0.25) is 5.91 Å². The van der Waals surface area contributed by atoms with Gasteiger partial charge in [0.1, 0.15) is 0 Å². The summed E-state index contributed by atoms with van der Waals surface area (Å²) in [4.78, 5) is 39.8. The number of piperidine rings is 1. The molecule has 3 aromatic heterocycles. The number of aromatic amines is 1. The Balaban J connectivity index is 1.45. The standard InChI is InChI=1S/C25H32N6O2/c1-25(2,3)24(33)30-11-5-4-8-21(30)20-13-22-27-19-9-12-29(15-17-7-6-10-26-14-17)16-18(19)23(32)31(22)28-20/h6-7,10,13-14,21,28H,4-5,8-9,11-12,15-16H2,1-3H3. The van der Waals surface area contributed by atoms with Crippen LogP contribution in [0.2, 0.25) is 0 Å². The summed E-state index contributed by atoms with van der Waals surface area (Å²) in [6.07, 6.45) is 7.36. The van der Waals surface area contributed by atoms with Crippen LogP contribution in [0.1, 0.15) is 68.6 Å². The molecule has 5 heterocycles. The average molecular weight is 449 g/mol. The largest absolute Gasteiger partial charge is 0.334 e. The zero-order valence-corrected chi connectivity index (χ0v) is 19.7. The Morgan fingerprint density at radius 1 is 1.24 bits per heavy atom. The van der Waals surface area contributed by atoms with Crippen LogP contribution in [0.4, 0.5) is 0 Å². The topological polar surface area (TPSA) is 86.6 Å². The molecule has 2 aliphatic heterocycles. The van der Waals surface area contributed by atoms with Gasteiger partial charge in [-0.05, 0) is 30.9 Å². The molecule has 8 heteroatoms. The zero-order valence-electron chi connectivity index (χ0n) is 19.7. The van der Waals surface area contributed by atoms with E-state index < -0.39 is 5.41 Å². The quantitative estimate of drug-likeness (QED) is 0.665. The van der Waals surface area contributed by atoms with E-state index in [1.807, 2.05) is 44.0 Å². The van der Waals surface area contributed by atoms with E-state index in [0.717, 1.165) is 67.8 Å². The monoisotopic (exact) mass is 448 g/mol. The first kappa shape index (κ1) is 21.8. The maximum Gasteiger partial charge on any atom is 0.277 e. The summed E-state index contributed by atoms with van der Waals surface area (Å²) in [5, 5.41) is 3.30. The Hall–Kier alpha value is -3.00. The minimum atomic E-state index is -0.437. The highest BCUT2D eigenvalue weighted by atomic mass is 16.2. The summed E-state index contributed by atoms with van der Waals surface area (Å²) < 4.78 is 1.57. The molecule has 0 radical (unpaired) electrons. The number of hydrogen-bond acceptors (Lipinski definition) is 5. The molecule has 0 bridgehead atoms. The van der Waals surface area contributed by atoms with Crippen molar-refractivity contribution in [1.82, 2.24) is 29.4 Å². The van der Waals surface area contributed by atoms with Gasteiger partial charge in [-0.15, -0.1) is 0 Å². The minimum absolute atomic E-state index is 0.0401. The van der Waals surface area contributed by atoms with E-state index in [1.54, 1.807) is 10.7 Å². The van der Waals surface area contributed by atoms with Gasteiger partial charge in [-0.3, -0.25) is 24.6 Å². The third-order valence-electron chi connectivity index (χ3n) is 6.75. The summed E-state index contributed by atoms with van der Waals surface area (Å²) in [7, 11) is 0. The van der Waals surface area contributed by atoms with Crippen molar-refractivity contribution in [3.8, 4) is 0 Å². The van der Waals surface area contributed by atoms with Gasteiger partial charge in [-0.1, -0.05) is 26.8 Å². The first-order valence-corrected chi connectivity index (χ1v) is 11.9. The lowest BCUT2D eigenvalue weighted by molar-refractivity contribution is -0.143. The predicted octanol–water partition coefficient (Wildman–Crippen LogP) is 3.08. The van der Waals surface area contributed by atoms with Crippen LogP contribution in [0.3, 0.4) is 0 Å². The number of pyridine rings is 1. The van der Waals surface area contributed by atoms with Crippen LogP contribution in [-0.4, -0.2) is 48.4 Å². The van der Waals surface area contributed by atoms with Crippen molar-refractivity contribution in [1.29, 1.82) is 0 Å². The lowest BCUT2D eigenvalue weighted by Crippen LogP contribution is -2.44. The highest BCUT2D eigenvalue weighted by molar-refractivity contribution is 5.82. The maximum absolute atomic E-state index is 13.4. The smallest absolute Gasteiger partial charge is 0.277 e. The molecule has 1 amide bonds. The Kier molecular flexibility index (Phi) is 5.56. The number of nitrogens with zero attached hydrogens (tertiary/aromatic N) is 5. The summed E-state index contributed by atoms with van der Waals surface area (Å²) in [5.41, 5.74) is 3.84. The molecule has 0 saturated carbocycles. The molecular formula is C25H32N6O2. The molecule has 1 fully saturated rings. The molecular weight excluding hydrogens is 416 g/mol. The molecule has 1 saturated heterocycles. The average Bonchev–Trinajstić information content (AvgIpc) is 3.23. The summed E-state index contributed by atoms with van der Waals surface area (Å²) in [5.74, 6) is 0.150. The van der Waals surface area contributed by atoms with Gasteiger partial charge in [0.05, 0.1) is 23.0 Å². The van der Waals surface area contributed by atoms with Crippen molar-refractivity contribution in [3.05, 3.63) is 63.5 Å². The fourth-order valence-corrected chi connectivity index (χ4v) is 5.04. The predicted molar refractivity (Wildman–Crippen MR) is 126 cm³/mol. The number of fused-ring (bicyclic) bond motifs is 2. The number of carbonyl (C=O) groups excluding carboxylic acids is 1. The SMILES string of the molecule is CC(C)(C)C(=O)N1CCCCC1c1cc2nc3c(c(=O)n2[nH]1)CN(Cc1cccnc1)CC3. The van der Waals surface area contributed by atoms with Crippen molar-refractivity contribution in [3.63, 3.8) is 0 Å². The third-order valence-corrected chi connectivity index (χ3v) is 6.75. The molecule has 8 nitrogen and oxygen atoms in total. The Labute approximate surface area is 193 Å². The second-order valence-electron chi connectivity index (χ2n) is 10.3. The molecule has 5 rings (SSSR count). The number of H-pyrrole nitrogens is 1. The second-order valence-corrected chi connectivity index (χ2v) is 10.3. The van der Waals surface area contributed by atoms with Gasteiger partial charge in [0, 0.05) is 56.5 Å². The van der Waals surface area contributed by atoms with Gasteiger partial charge in [-0.2, -0.15) is 0 Å². The number of aromatic nitrogens is 4. The fraction of sp³-hybridized carbons (Fsp3) is 0.520.